The van der Waals surface area contributed by atoms with Gasteiger partial charge in [0.15, 0.2) is 5.82 Å². The lowest BCUT2D eigenvalue weighted by Gasteiger charge is -2.19. The van der Waals surface area contributed by atoms with Crippen molar-refractivity contribution in [2.75, 3.05) is 18.9 Å². The van der Waals surface area contributed by atoms with Crippen LogP contribution in [0.15, 0.2) is 18.5 Å². The number of ether oxygens (including phenoxy) is 3. The second kappa shape index (κ2) is 19.6. The van der Waals surface area contributed by atoms with Crippen LogP contribution in [0.25, 0.3) is 5.52 Å². The van der Waals surface area contributed by atoms with Gasteiger partial charge in [-0.15, -0.1) is 0 Å². The minimum Gasteiger partial charge on any atom is -0.481 e. The Balaban J connectivity index is 0.00000101. The highest BCUT2D eigenvalue weighted by molar-refractivity contribution is 5.78. The van der Waals surface area contributed by atoms with Crippen LogP contribution in [0.3, 0.4) is 0 Å². The van der Waals surface area contributed by atoms with Crippen LogP contribution in [0, 0.1) is 11.8 Å². The molecule has 42 heavy (non-hydrogen) atoms. The molecule has 3 rings (SSSR count). The molecule has 1 saturated heterocycles. The molecule has 2 atom stereocenters. The number of carbonyl (C=O) groups excluding carboxylic acids is 2. The number of nitrogen functional groups attached to an aromatic ring is 1. The summed E-state index contributed by atoms with van der Waals surface area (Å²) in [5.74, 6) is -2.04. The summed E-state index contributed by atoms with van der Waals surface area (Å²) in [5.41, 5.74) is 6.83. The van der Waals surface area contributed by atoms with E-state index in [0.29, 0.717) is 5.82 Å². The van der Waals surface area contributed by atoms with Crippen molar-refractivity contribution >= 4 is 35.3 Å². The number of nitrogens with two attached hydrogens (primary N) is 1. The van der Waals surface area contributed by atoms with Crippen molar-refractivity contribution in [3.63, 3.8) is 0 Å². The number of nitriles is 1. The first kappa shape index (κ1) is 37.6. The van der Waals surface area contributed by atoms with E-state index in [9.17, 15) is 19.2 Å². The fraction of sp³-hybridized carbons (Fsp3) is 0.593. The number of aromatic nitrogens is 3. The highest BCUT2D eigenvalue weighted by atomic mass is 16.6. The minimum absolute atomic E-state index is 0.0632. The maximum atomic E-state index is 11.8. The third-order valence-corrected chi connectivity index (χ3v) is 4.94. The minimum atomic E-state index is -0.948. The van der Waals surface area contributed by atoms with Crippen LogP contribution in [-0.4, -0.2) is 73.7 Å². The molecule has 2 unspecified atom stereocenters. The Hall–Kier alpha value is -4.45. The Morgan fingerprint density at radius 2 is 1.74 bits per heavy atom. The van der Waals surface area contributed by atoms with E-state index in [4.69, 9.17) is 35.4 Å². The van der Waals surface area contributed by atoms with Crippen LogP contribution >= 0.6 is 0 Å². The van der Waals surface area contributed by atoms with E-state index < -0.39 is 29.6 Å². The third-order valence-electron chi connectivity index (χ3n) is 4.94. The van der Waals surface area contributed by atoms with Gasteiger partial charge in [-0.25, -0.2) is 19.6 Å². The Morgan fingerprint density at radius 3 is 2.29 bits per heavy atom. The number of nitrogens with zero attached hydrogens (tertiary/aromatic N) is 4. The van der Waals surface area contributed by atoms with Crippen LogP contribution in [0.5, 0.6) is 0 Å². The molecule has 15 nitrogen and oxygen atoms in total. The fourth-order valence-electron chi connectivity index (χ4n) is 3.35. The summed E-state index contributed by atoms with van der Waals surface area (Å²) >= 11 is 0. The molecule has 5 N–H and O–H groups in total. The molecule has 15 heteroatoms. The number of hydrogen-bond donors (Lipinski definition) is 4. The quantitative estimate of drug-likeness (QED) is 0.305. The maximum Gasteiger partial charge on any atom is 0.408 e. The van der Waals surface area contributed by atoms with E-state index in [0.717, 1.165) is 24.1 Å². The molecule has 0 radical (unpaired) electrons. The summed E-state index contributed by atoms with van der Waals surface area (Å²) in [7, 11) is 0. The monoisotopic (exact) mass is 594 g/mol. The highest BCUT2D eigenvalue weighted by Gasteiger charge is 2.30. The average molecular weight is 595 g/mol. The van der Waals surface area contributed by atoms with Gasteiger partial charge in [0.25, 0.3) is 0 Å². The Bertz CT molecular complexity index is 1150. The predicted octanol–water partition coefficient (Wildman–Crippen LogP) is 3.48. The number of carboxylic acid groups (broad SMARTS) is 2. The van der Waals surface area contributed by atoms with E-state index in [1.807, 2.05) is 12.1 Å². The summed E-state index contributed by atoms with van der Waals surface area (Å²) in [5, 5.41) is 29.2. The number of carboxylic acids is 2. The Kier molecular flexibility index (Phi) is 17.5. The summed E-state index contributed by atoms with van der Waals surface area (Å²) in [4.78, 5) is 46.9. The Morgan fingerprint density at radius 1 is 1.14 bits per heavy atom. The SMILES string of the molecule is C#N.CC(C)(C)OC(=O)NCC(=O)OCC1CCC(c2ccc3c(N)ncnn23)O1.CCC.O=C(O)CCCC(=O)O. The molecule has 0 aromatic carbocycles. The van der Waals surface area contributed by atoms with Crippen molar-refractivity contribution in [1.82, 2.24) is 19.9 Å². The second-order valence-electron chi connectivity index (χ2n) is 9.91. The molecular formula is C27H42N6O9. The zero-order valence-corrected chi connectivity index (χ0v) is 24.7. The fourth-order valence-corrected chi connectivity index (χ4v) is 3.35. The molecule has 2 aromatic heterocycles. The molecule has 0 bridgehead atoms. The van der Waals surface area contributed by atoms with Crippen molar-refractivity contribution in [2.45, 2.75) is 91.0 Å². The van der Waals surface area contributed by atoms with Gasteiger partial charge < -0.3 is 35.5 Å². The summed E-state index contributed by atoms with van der Waals surface area (Å²) in [6, 6.07) is 3.76. The number of esters is 1. The van der Waals surface area contributed by atoms with E-state index >= 15 is 0 Å². The van der Waals surface area contributed by atoms with Gasteiger partial charge in [-0.3, -0.25) is 14.4 Å². The van der Waals surface area contributed by atoms with E-state index in [1.165, 1.54) is 12.7 Å². The molecule has 0 aliphatic carbocycles. The van der Waals surface area contributed by atoms with Gasteiger partial charge in [0.1, 0.15) is 36.7 Å². The normalized spacial score (nSPS) is 15.4. The maximum absolute atomic E-state index is 11.8. The van der Waals surface area contributed by atoms with Crippen LogP contribution in [0.4, 0.5) is 10.6 Å². The summed E-state index contributed by atoms with van der Waals surface area (Å²) < 4.78 is 18.0. The van der Waals surface area contributed by atoms with Gasteiger partial charge in [-0.05, 0) is 52.2 Å². The molecule has 3 heterocycles. The average Bonchev–Trinajstić information content (AvgIpc) is 3.55. The molecule has 1 fully saturated rings. The van der Waals surface area contributed by atoms with Gasteiger partial charge in [0, 0.05) is 19.4 Å². The second-order valence-corrected chi connectivity index (χ2v) is 9.91. The summed E-state index contributed by atoms with van der Waals surface area (Å²) in [6.07, 6.45) is 3.20. The van der Waals surface area contributed by atoms with Gasteiger partial charge in [0.05, 0.1) is 11.8 Å². The molecule has 234 valence electrons. The first-order valence-corrected chi connectivity index (χ1v) is 13.3. The lowest BCUT2D eigenvalue weighted by molar-refractivity contribution is -0.146. The highest BCUT2D eigenvalue weighted by Crippen LogP contribution is 2.33. The van der Waals surface area contributed by atoms with E-state index in [-0.39, 0.29) is 44.6 Å². The lowest BCUT2D eigenvalue weighted by atomic mass is 10.1. The smallest absolute Gasteiger partial charge is 0.408 e. The van der Waals surface area contributed by atoms with Gasteiger partial charge >= 0.3 is 24.0 Å². The van der Waals surface area contributed by atoms with E-state index in [1.54, 1.807) is 25.3 Å². The Labute approximate surface area is 244 Å². The molecule has 0 saturated carbocycles. The van der Waals surface area contributed by atoms with Crippen LogP contribution < -0.4 is 11.1 Å². The largest absolute Gasteiger partial charge is 0.481 e. The molecule has 1 aliphatic heterocycles. The lowest BCUT2D eigenvalue weighted by Crippen LogP contribution is -2.36. The van der Waals surface area contributed by atoms with Crippen molar-refractivity contribution in [2.24, 2.45) is 0 Å². The molecular weight excluding hydrogens is 552 g/mol. The van der Waals surface area contributed by atoms with Gasteiger partial charge in [0.2, 0.25) is 0 Å². The zero-order valence-electron chi connectivity index (χ0n) is 24.7. The van der Waals surface area contributed by atoms with Crippen LogP contribution in [-0.2, 0) is 28.6 Å². The number of carbonyl (C=O) groups is 4. The van der Waals surface area contributed by atoms with Crippen LogP contribution in [0.1, 0.15) is 84.9 Å². The van der Waals surface area contributed by atoms with Crippen molar-refractivity contribution < 1.29 is 43.6 Å². The predicted molar refractivity (Wildman–Crippen MR) is 151 cm³/mol. The number of rotatable bonds is 9. The van der Waals surface area contributed by atoms with Crippen molar-refractivity contribution in [3.05, 3.63) is 24.2 Å². The molecule has 1 aliphatic rings. The number of fused-ring (bicyclic) bond motifs is 1. The number of anilines is 1. The van der Waals surface area contributed by atoms with Crippen LogP contribution in [0.2, 0.25) is 0 Å². The first-order valence-electron chi connectivity index (χ1n) is 13.3. The summed E-state index contributed by atoms with van der Waals surface area (Å²) in [6.45, 7) is 12.8. The number of alkyl carbamates (subject to hydrolysis) is 1. The number of aliphatic carboxylic acids is 2. The molecule has 0 spiro atoms. The van der Waals surface area contributed by atoms with E-state index in [2.05, 4.69) is 35.8 Å². The van der Waals surface area contributed by atoms with Gasteiger partial charge in [-0.1, -0.05) is 20.3 Å². The van der Waals surface area contributed by atoms with Gasteiger partial charge in [-0.2, -0.15) is 5.10 Å². The topological polar surface area (TPSA) is 228 Å². The van der Waals surface area contributed by atoms with Crippen molar-refractivity contribution in [3.8, 4) is 6.57 Å². The third kappa shape index (κ3) is 15.4. The standard InChI is InChI=1S/C18H25N5O5.C5H8O4.C3H8.CHN/c1-18(2,3)28-17(25)20-8-15(24)26-9-11-4-7-14(27-11)12-5-6-13-16(19)21-10-22-23(12)13;6-4(7)2-1-3-5(8)9;1-3-2;1-2/h5-6,10-11,14H,4,7-9H2,1-3H3,(H,20,25)(H2,19,21,22);1-3H2,(H,6,7)(H,8,9);3H2,1-2H3;1H. The first-order chi connectivity index (χ1) is 19.8. The van der Waals surface area contributed by atoms with Crippen molar-refractivity contribution in [1.29, 1.82) is 5.26 Å². The molecule has 2 aromatic rings. The number of hydrogen-bond acceptors (Lipinski definition) is 11. The number of amides is 1. The number of nitrogens with one attached hydrogen (secondary N) is 1. The zero-order chi connectivity index (χ0) is 32.3. The molecule has 1 amide bonds.